The number of aromatic nitrogens is 4. The van der Waals surface area contributed by atoms with Gasteiger partial charge in [0.2, 0.25) is 0 Å². The van der Waals surface area contributed by atoms with Crippen LogP contribution >= 0.6 is 0 Å². The minimum atomic E-state index is -0.0718. The minimum Gasteiger partial charge on any atom is -0.369 e. The molecule has 1 aliphatic rings. The Hall–Kier alpha value is -3.49. The zero-order valence-corrected chi connectivity index (χ0v) is 18.2. The van der Waals surface area contributed by atoms with Crippen molar-refractivity contribution >= 4 is 22.5 Å². The Labute approximate surface area is 186 Å². The predicted molar refractivity (Wildman–Crippen MR) is 124 cm³/mol. The summed E-state index contributed by atoms with van der Waals surface area (Å²) in [5.74, 6) is 0.787. The minimum absolute atomic E-state index is 0.00403. The third-order valence-electron chi connectivity index (χ3n) is 5.95. The molecule has 164 valence electrons. The Morgan fingerprint density at radius 3 is 2.72 bits per heavy atom. The van der Waals surface area contributed by atoms with Crippen molar-refractivity contribution in [1.82, 2.24) is 24.0 Å². The molecule has 1 saturated heterocycles. The molecular formula is C24H26N6O2. The molecule has 0 saturated carbocycles. The van der Waals surface area contributed by atoms with E-state index >= 15 is 0 Å². The molecule has 1 aromatic carbocycles. The second-order valence-corrected chi connectivity index (χ2v) is 8.13. The van der Waals surface area contributed by atoms with E-state index in [4.69, 9.17) is 4.74 Å². The fourth-order valence-electron chi connectivity index (χ4n) is 4.19. The average Bonchev–Trinajstić information content (AvgIpc) is 3.04. The van der Waals surface area contributed by atoms with Crippen molar-refractivity contribution in [1.29, 1.82) is 0 Å². The molecule has 0 spiro atoms. The van der Waals surface area contributed by atoms with Crippen LogP contribution in [0.25, 0.3) is 11.0 Å². The van der Waals surface area contributed by atoms with Gasteiger partial charge in [-0.2, -0.15) is 0 Å². The Morgan fingerprint density at radius 2 is 1.94 bits per heavy atom. The number of pyridine rings is 2. The molecule has 1 fully saturated rings. The second-order valence-electron chi connectivity index (χ2n) is 8.13. The van der Waals surface area contributed by atoms with E-state index < -0.39 is 0 Å². The standard InChI is InChI=1S/C24H26N6O2/c1-28-20-9-6-17(13-21(20)29(2)24(28)31)15-30-11-12-32-22(16-30)19-8-7-18(14-26-19)27-23-5-3-4-10-25-23/h3-10,13-14,22H,11-12,15-16H2,1-2H3,(H,25,27)/t22-/m1/s1. The number of rotatable bonds is 5. The van der Waals surface area contributed by atoms with Crippen LogP contribution in [0.2, 0.25) is 0 Å². The molecule has 32 heavy (non-hydrogen) atoms. The molecule has 8 heteroatoms. The smallest absolute Gasteiger partial charge is 0.328 e. The first-order valence-corrected chi connectivity index (χ1v) is 10.7. The van der Waals surface area contributed by atoms with Crippen molar-refractivity contribution < 1.29 is 4.74 Å². The highest BCUT2D eigenvalue weighted by atomic mass is 16.5. The zero-order chi connectivity index (χ0) is 22.1. The number of hydrogen-bond acceptors (Lipinski definition) is 6. The van der Waals surface area contributed by atoms with Crippen LogP contribution in [-0.2, 0) is 25.4 Å². The van der Waals surface area contributed by atoms with Crippen LogP contribution in [0.1, 0.15) is 17.4 Å². The zero-order valence-electron chi connectivity index (χ0n) is 18.2. The van der Waals surface area contributed by atoms with Gasteiger partial charge >= 0.3 is 5.69 Å². The van der Waals surface area contributed by atoms with Crippen molar-refractivity contribution in [2.24, 2.45) is 14.1 Å². The fourth-order valence-corrected chi connectivity index (χ4v) is 4.19. The number of aryl methyl sites for hydroxylation is 2. The SMILES string of the molecule is Cn1c(=O)n(C)c2cc(CN3CCO[C@@H](c4ccc(Nc5ccccn5)cn4)C3)ccc21. The van der Waals surface area contributed by atoms with Crippen molar-refractivity contribution in [3.63, 3.8) is 0 Å². The van der Waals surface area contributed by atoms with Crippen LogP contribution in [0, 0.1) is 0 Å². The highest BCUT2D eigenvalue weighted by Gasteiger charge is 2.23. The average molecular weight is 431 g/mol. The lowest BCUT2D eigenvalue weighted by Gasteiger charge is -2.32. The van der Waals surface area contributed by atoms with Crippen LogP contribution in [0.4, 0.5) is 11.5 Å². The summed E-state index contributed by atoms with van der Waals surface area (Å²) in [6.45, 7) is 3.10. The number of fused-ring (bicyclic) bond motifs is 1. The molecule has 0 aliphatic carbocycles. The Morgan fingerprint density at radius 1 is 1.06 bits per heavy atom. The summed E-state index contributed by atoms with van der Waals surface area (Å²) in [5.41, 5.74) is 4.89. The number of benzene rings is 1. The molecule has 1 atom stereocenters. The highest BCUT2D eigenvalue weighted by molar-refractivity contribution is 5.76. The summed E-state index contributed by atoms with van der Waals surface area (Å²) in [5, 5.41) is 3.25. The predicted octanol–water partition coefficient (Wildman–Crippen LogP) is 2.98. The molecule has 1 N–H and O–H groups in total. The van der Waals surface area contributed by atoms with Gasteiger partial charge in [-0.15, -0.1) is 0 Å². The highest BCUT2D eigenvalue weighted by Crippen LogP contribution is 2.24. The lowest BCUT2D eigenvalue weighted by atomic mass is 10.1. The molecule has 0 radical (unpaired) electrons. The summed E-state index contributed by atoms with van der Waals surface area (Å²) in [6, 6.07) is 16.0. The molecule has 8 nitrogen and oxygen atoms in total. The summed E-state index contributed by atoms with van der Waals surface area (Å²) >= 11 is 0. The van der Waals surface area contributed by atoms with Gasteiger partial charge in [0, 0.05) is 39.9 Å². The molecule has 0 bridgehead atoms. The first-order chi connectivity index (χ1) is 15.6. The van der Waals surface area contributed by atoms with Crippen LogP contribution in [0.15, 0.2) is 65.7 Å². The maximum absolute atomic E-state index is 12.2. The topological polar surface area (TPSA) is 77.2 Å². The summed E-state index contributed by atoms with van der Waals surface area (Å²) in [6.07, 6.45) is 3.50. The van der Waals surface area contributed by atoms with Crippen molar-refractivity contribution in [3.05, 3.63) is 82.7 Å². The first-order valence-electron chi connectivity index (χ1n) is 10.7. The van der Waals surface area contributed by atoms with Crippen molar-refractivity contribution in [2.45, 2.75) is 12.6 Å². The summed E-state index contributed by atoms with van der Waals surface area (Å²) in [7, 11) is 3.62. The first kappa shape index (κ1) is 20.4. The van der Waals surface area contributed by atoms with Gasteiger partial charge in [0.05, 0.1) is 35.2 Å². The van der Waals surface area contributed by atoms with E-state index in [2.05, 4.69) is 32.3 Å². The quantitative estimate of drug-likeness (QED) is 0.525. The second kappa shape index (κ2) is 8.57. The Kier molecular flexibility index (Phi) is 5.46. The van der Waals surface area contributed by atoms with E-state index in [-0.39, 0.29) is 11.8 Å². The number of anilines is 2. The van der Waals surface area contributed by atoms with Crippen LogP contribution in [0.3, 0.4) is 0 Å². The maximum Gasteiger partial charge on any atom is 0.328 e. The van der Waals surface area contributed by atoms with Crippen LogP contribution in [0.5, 0.6) is 0 Å². The lowest BCUT2D eigenvalue weighted by molar-refractivity contribution is -0.0349. The molecule has 0 unspecified atom stereocenters. The van der Waals surface area contributed by atoms with Crippen molar-refractivity contribution in [2.75, 3.05) is 25.0 Å². The third-order valence-corrected chi connectivity index (χ3v) is 5.95. The van der Waals surface area contributed by atoms with Gasteiger partial charge in [-0.05, 0) is 42.0 Å². The van der Waals surface area contributed by atoms with E-state index in [1.54, 1.807) is 22.4 Å². The summed E-state index contributed by atoms with van der Waals surface area (Å²) in [4.78, 5) is 23.5. The number of ether oxygens (including phenoxy) is 1. The largest absolute Gasteiger partial charge is 0.369 e. The van der Waals surface area contributed by atoms with Gasteiger partial charge in [0.1, 0.15) is 11.9 Å². The number of nitrogens with zero attached hydrogens (tertiary/aromatic N) is 5. The molecule has 4 heterocycles. The van der Waals surface area contributed by atoms with E-state index in [0.717, 1.165) is 47.9 Å². The molecular weight excluding hydrogens is 404 g/mol. The third kappa shape index (κ3) is 4.02. The number of hydrogen-bond donors (Lipinski definition) is 1. The molecule has 4 aromatic rings. The van der Waals surface area contributed by atoms with E-state index in [0.29, 0.717) is 6.61 Å². The van der Waals surface area contributed by atoms with Gasteiger partial charge in [-0.3, -0.25) is 19.0 Å². The van der Waals surface area contributed by atoms with Crippen molar-refractivity contribution in [3.8, 4) is 0 Å². The molecule has 5 rings (SSSR count). The van der Waals surface area contributed by atoms with Gasteiger partial charge < -0.3 is 10.1 Å². The Bertz CT molecular complexity index is 1280. The normalized spacial score (nSPS) is 17.0. The van der Waals surface area contributed by atoms with E-state index in [1.807, 2.05) is 49.6 Å². The maximum atomic E-state index is 12.2. The summed E-state index contributed by atoms with van der Waals surface area (Å²) < 4.78 is 9.40. The van der Waals surface area contributed by atoms with Gasteiger partial charge in [0.15, 0.2) is 0 Å². The Balaban J connectivity index is 1.27. The molecule has 0 amide bonds. The van der Waals surface area contributed by atoms with E-state index in [9.17, 15) is 4.79 Å². The van der Waals surface area contributed by atoms with Crippen LogP contribution in [-0.4, -0.2) is 43.7 Å². The van der Waals surface area contributed by atoms with Gasteiger partial charge in [0.25, 0.3) is 0 Å². The number of morpholine rings is 1. The lowest BCUT2D eigenvalue weighted by Crippen LogP contribution is -2.38. The molecule has 3 aromatic heterocycles. The monoisotopic (exact) mass is 430 g/mol. The van der Waals surface area contributed by atoms with Crippen LogP contribution < -0.4 is 11.0 Å². The number of nitrogens with one attached hydrogen (secondary N) is 1. The fraction of sp³-hybridized carbons (Fsp3) is 0.292. The molecule has 1 aliphatic heterocycles. The van der Waals surface area contributed by atoms with Gasteiger partial charge in [-0.25, -0.2) is 9.78 Å². The van der Waals surface area contributed by atoms with E-state index in [1.165, 1.54) is 5.56 Å². The van der Waals surface area contributed by atoms with Gasteiger partial charge in [-0.1, -0.05) is 12.1 Å². The number of imidazole rings is 1.